The minimum atomic E-state index is -3.34. The van der Waals surface area contributed by atoms with Gasteiger partial charge in [0.05, 0.1) is 4.90 Å². The molecule has 4 aromatic rings. The van der Waals surface area contributed by atoms with E-state index in [1.165, 1.54) is 6.26 Å². The number of carbonyl (C=O) groups excluding carboxylic acids is 1. The second-order valence-corrected chi connectivity index (χ2v) is 9.42. The van der Waals surface area contributed by atoms with Crippen LogP contribution in [0.25, 0.3) is 11.1 Å². The minimum Gasteiger partial charge on any atom is -0.304 e. The molecule has 1 amide bonds. The summed E-state index contributed by atoms with van der Waals surface area (Å²) in [5.74, 6) is 0.410. The first-order valence-corrected chi connectivity index (χ1v) is 11.7. The maximum Gasteiger partial charge on any atom is 0.296 e. The third kappa shape index (κ3) is 4.89. The van der Waals surface area contributed by atoms with Gasteiger partial charge in [0.25, 0.3) is 5.91 Å². The van der Waals surface area contributed by atoms with Crippen molar-refractivity contribution in [1.29, 1.82) is 0 Å². The number of sulfone groups is 1. The number of pyridine rings is 1. The van der Waals surface area contributed by atoms with Crippen molar-refractivity contribution in [2.24, 2.45) is 0 Å². The van der Waals surface area contributed by atoms with Crippen LogP contribution in [0.3, 0.4) is 0 Å². The van der Waals surface area contributed by atoms with Crippen molar-refractivity contribution in [1.82, 2.24) is 20.2 Å². The Bertz CT molecular complexity index is 1380. The summed E-state index contributed by atoms with van der Waals surface area (Å²) in [6.45, 7) is 1.89. The lowest BCUT2D eigenvalue weighted by molar-refractivity contribution is 0.101. The molecule has 0 spiro atoms. The Balaban J connectivity index is 1.53. The summed E-state index contributed by atoms with van der Waals surface area (Å²) in [6.07, 6.45) is 3.25. The number of aromatic nitrogens is 4. The van der Waals surface area contributed by atoms with Gasteiger partial charge >= 0.3 is 0 Å². The lowest BCUT2D eigenvalue weighted by Gasteiger charge is -2.10. The third-order valence-corrected chi connectivity index (χ3v) is 6.01. The zero-order valence-electron chi connectivity index (χ0n) is 17.5. The number of H-pyrrole nitrogens is 1. The van der Waals surface area contributed by atoms with Crippen molar-refractivity contribution in [3.05, 3.63) is 89.6 Å². The third-order valence-electron chi connectivity index (χ3n) is 4.90. The molecule has 0 radical (unpaired) electrons. The SMILES string of the molecule is Cc1ccc(S(C)(=O)=O)cc1-c1ccnc(NC(=O)c2n[nH]c(Cc3ccccc3)n2)c1. The summed E-state index contributed by atoms with van der Waals surface area (Å²) in [4.78, 5) is 21.3. The van der Waals surface area contributed by atoms with Crippen LogP contribution in [-0.4, -0.2) is 40.7 Å². The highest BCUT2D eigenvalue weighted by atomic mass is 32.2. The van der Waals surface area contributed by atoms with Gasteiger partial charge in [-0.05, 0) is 53.4 Å². The summed E-state index contributed by atoms with van der Waals surface area (Å²) in [7, 11) is -3.34. The molecule has 32 heavy (non-hydrogen) atoms. The topological polar surface area (TPSA) is 118 Å². The van der Waals surface area contributed by atoms with E-state index in [0.29, 0.717) is 18.1 Å². The molecule has 0 unspecified atom stereocenters. The number of aromatic amines is 1. The normalized spacial score (nSPS) is 11.3. The van der Waals surface area contributed by atoms with Crippen LogP contribution in [0.1, 0.15) is 27.6 Å². The van der Waals surface area contributed by atoms with Gasteiger partial charge in [0.1, 0.15) is 11.6 Å². The summed E-state index contributed by atoms with van der Waals surface area (Å²) in [5, 5.41) is 9.48. The van der Waals surface area contributed by atoms with E-state index < -0.39 is 15.7 Å². The molecule has 0 fully saturated rings. The van der Waals surface area contributed by atoms with Gasteiger partial charge in [-0.3, -0.25) is 9.89 Å². The molecule has 0 aliphatic rings. The Morgan fingerprint density at radius 1 is 1.06 bits per heavy atom. The molecule has 0 saturated carbocycles. The van der Waals surface area contributed by atoms with Gasteiger partial charge in [0.2, 0.25) is 5.82 Å². The summed E-state index contributed by atoms with van der Waals surface area (Å²) in [6, 6.07) is 18.1. The second-order valence-electron chi connectivity index (χ2n) is 7.40. The highest BCUT2D eigenvalue weighted by Gasteiger charge is 2.15. The number of hydrogen-bond acceptors (Lipinski definition) is 6. The predicted molar refractivity (Wildman–Crippen MR) is 121 cm³/mol. The van der Waals surface area contributed by atoms with Crippen molar-refractivity contribution in [2.45, 2.75) is 18.2 Å². The fourth-order valence-corrected chi connectivity index (χ4v) is 3.89. The molecule has 2 aromatic heterocycles. The highest BCUT2D eigenvalue weighted by molar-refractivity contribution is 7.90. The van der Waals surface area contributed by atoms with E-state index in [9.17, 15) is 13.2 Å². The lowest BCUT2D eigenvalue weighted by atomic mass is 10.0. The first-order valence-electron chi connectivity index (χ1n) is 9.83. The van der Waals surface area contributed by atoms with Crippen LogP contribution in [0, 0.1) is 6.92 Å². The minimum absolute atomic E-state index is 0.0124. The van der Waals surface area contributed by atoms with Gasteiger partial charge < -0.3 is 5.32 Å². The first kappa shape index (κ1) is 21.4. The number of rotatable bonds is 6. The molecule has 0 bridgehead atoms. The molecule has 8 nitrogen and oxygen atoms in total. The summed E-state index contributed by atoms with van der Waals surface area (Å²) >= 11 is 0. The van der Waals surface area contributed by atoms with E-state index in [4.69, 9.17) is 0 Å². The lowest BCUT2D eigenvalue weighted by Crippen LogP contribution is -2.14. The molecule has 0 saturated heterocycles. The van der Waals surface area contributed by atoms with Crippen LogP contribution in [0.5, 0.6) is 0 Å². The zero-order valence-corrected chi connectivity index (χ0v) is 18.3. The van der Waals surface area contributed by atoms with Crippen LogP contribution < -0.4 is 5.32 Å². The van der Waals surface area contributed by atoms with Crippen LogP contribution in [0.2, 0.25) is 0 Å². The van der Waals surface area contributed by atoms with Crippen molar-refractivity contribution in [3.8, 4) is 11.1 Å². The summed E-state index contributed by atoms with van der Waals surface area (Å²) < 4.78 is 23.9. The van der Waals surface area contributed by atoms with Crippen molar-refractivity contribution in [2.75, 3.05) is 11.6 Å². The number of nitrogens with one attached hydrogen (secondary N) is 2. The highest BCUT2D eigenvalue weighted by Crippen LogP contribution is 2.27. The van der Waals surface area contributed by atoms with E-state index in [0.717, 1.165) is 22.3 Å². The monoisotopic (exact) mass is 447 g/mol. The van der Waals surface area contributed by atoms with E-state index >= 15 is 0 Å². The zero-order chi connectivity index (χ0) is 22.7. The largest absolute Gasteiger partial charge is 0.304 e. The number of aryl methyl sites for hydroxylation is 1. The summed E-state index contributed by atoms with van der Waals surface area (Å²) in [5.41, 5.74) is 3.43. The molecular formula is C23H21N5O3S. The van der Waals surface area contributed by atoms with Gasteiger partial charge in [-0.2, -0.15) is 0 Å². The fraction of sp³-hybridized carbons (Fsp3) is 0.130. The van der Waals surface area contributed by atoms with Crippen LogP contribution in [0.4, 0.5) is 5.82 Å². The fourth-order valence-electron chi connectivity index (χ4n) is 3.25. The Hall–Kier alpha value is -3.85. The average molecular weight is 448 g/mol. The number of benzene rings is 2. The van der Waals surface area contributed by atoms with Gasteiger partial charge in [-0.1, -0.05) is 36.4 Å². The van der Waals surface area contributed by atoms with Crippen LogP contribution >= 0.6 is 0 Å². The number of hydrogen-bond donors (Lipinski definition) is 2. The molecule has 162 valence electrons. The van der Waals surface area contributed by atoms with Gasteiger partial charge in [-0.15, -0.1) is 5.10 Å². The molecule has 2 aromatic carbocycles. The molecular weight excluding hydrogens is 426 g/mol. The molecule has 0 aliphatic heterocycles. The quantitative estimate of drug-likeness (QED) is 0.468. The Kier molecular flexibility index (Phi) is 5.83. The Morgan fingerprint density at radius 3 is 2.59 bits per heavy atom. The van der Waals surface area contributed by atoms with Gasteiger partial charge in [-0.25, -0.2) is 18.4 Å². The van der Waals surface area contributed by atoms with E-state index in [1.807, 2.05) is 37.3 Å². The maximum absolute atomic E-state index is 12.6. The van der Waals surface area contributed by atoms with Crippen LogP contribution in [-0.2, 0) is 16.3 Å². The van der Waals surface area contributed by atoms with E-state index in [-0.39, 0.29) is 10.7 Å². The van der Waals surface area contributed by atoms with Crippen LogP contribution in [0.15, 0.2) is 71.8 Å². The van der Waals surface area contributed by atoms with Crippen molar-refractivity contribution in [3.63, 3.8) is 0 Å². The first-order chi connectivity index (χ1) is 15.3. The number of nitrogens with zero attached hydrogens (tertiary/aromatic N) is 3. The second kappa shape index (κ2) is 8.72. The maximum atomic E-state index is 12.6. The predicted octanol–water partition coefficient (Wildman–Crippen LogP) is 3.42. The standard InChI is InChI=1S/C23H21N5O3S/c1-15-8-9-18(32(2,30)31)14-19(15)17-10-11-24-20(13-17)26-23(29)22-25-21(27-28-22)12-16-6-4-3-5-7-16/h3-11,13-14H,12H2,1-2H3,(H,24,26,29)(H,25,27,28). The molecule has 2 heterocycles. The van der Waals surface area contributed by atoms with Crippen molar-refractivity contribution >= 4 is 21.6 Å². The van der Waals surface area contributed by atoms with Crippen molar-refractivity contribution < 1.29 is 13.2 Å². The molecule has 4 rings (SSSR count). The average Bonchev–Trinajstić information content (AvgIpc) is 3.23. The van der Waals surface area contributed by atoms with E-state index in [2.05, 4.69) is 25.5 Å². The number of anilines is 1. The smallest absolute Gasteiger partial charge is 0.296 e. The molecule has 9 heteroatoms. The molecule has 2 N–H and O–H groups in total. The molecule has 0 atom stereocenters. The van der Waals surface area contributed by atoms with Gasteiger partial charge in [0.15, 0.2) is 9.84 Å². The Labute approximate surface area is 185 Å². The van der Waals surface area contributed by atoms with Gasteiger partial charge in [0, 0.05) is 18.9 Å². The van der Waals surface area contributed by atoms with E-state index in [1.54, 1.807) is 36.5 Å². The number of carbonyl (C=O) groups is 1. The molecule has 0 aliphatic carbocycles. The Morgan fingerprint density at radius 2 is 1.84 bits per heavy atom. The number of amides is 1.